The average molecular weight is 307 g/mol. The van der Waals surface area contributed by atoms with Crippen LogP contribution in [0.5, 0.6) is 5.75 Å². The zero-order valence-corrected chi connectivity index (χ0v) is 12.8. The minimum atomic E-state index is -0.868. The molecule has 0 unspecified atom stereocenters. The maximum atomic E-state index is 11.1. The van der Waals surface area contributed by atoms with Crippen LogP contribution in [0.15, 0.2) is 24.3 Å². The van der Waals surface area contributed by atoms with Gasteiger partial charge in [-0.05, 0) is 12.1 Å². The van der Waals surface area contributed by atoms with Crippen LogP contribution in [0.3, 0.4) is 0 Å². The summed E-state index contributed by atoms with van der Waals surface area (Å²) >= 11 is 1.41. The Kier molecular flexibility index (Phi) is 5.30. The second-order valence-corrected chi connectivity index (χ2v) is 5.56. The average Bonchev–Trinajstić information content (AvgIpc) is 2.87. The van der Waals surface area contributed by atoms with Gasteiger partial charge in [0.1, 0.15) is 5.75 Å². The number of aliphatic carboxylic acids is 1. The highest BCUT2D eigenvalue weighted by atomic mass is 32.1. The number of rotatable bonds is 7. The summed E-state index contributed by atoms with van der Waals surface area (Å²) in [6.07, 6.45) is 0.626. The Morgan fingerprint density at radius 2 is 2.10 bits per heavy atom. The van der Waals surface area contributed by atoms with Gasteiger partial charge in [-0.3, -0.25) is 4.79 Å². The van der Waals surface area contributed by atoms with Crippen molar-refractivity contribution in [3.05, 3.63) is 34.2 Å². The molecular weight excluding hydrogens is 290 g/mol. The van der Waals surface area contributed by atoms with E-state index in [1.165, 1.54) is 11.3 Å². The summed E-state index contributed by atoms with van der Waals surface area (Å²) in [5.41, 5.74) is 1.50. The van der Waals surface area contributed by atoms with E-state index >= 15 is 0 Å². The molecule has 0 bridgehead atoms. The Hall–Kier alpha value is -1.92. The molecule has 1 aromatic carbocycles. The van der Waals surface area contributed by atoms with Gasteiger partial charge in [-0.25, -0.2) is 4.98 Å². The van der Waals surface area contributed by atoms with Crippen LogP contribution in [0.25, 0.3) is 11.3 Å². The van der Waals surface area contributed by atoms with Gasteiger partial charge in [0.2, 0.25) is 0 Å². The number of carboxylic acid groups (broad SMARTS) is 1. The van der Waals surface area contributed by atoms with Crippen molar-refractivity contribution in [1.82, 2.24) is 4.98 Å². The van der Waals surface area contributed by atoms with Gasteiger partial charge in [0.15, 0.2) is 0 Å². The summed E-state index contributed by atoms with van der Waals surface area (Å²) in [5, 5.41) is 9.94. The number of methoxy groups -OCH3 is 2. The van der Waals surface area contributed by atoms with Crippen molar-refractivity contribution < 1.29 is 19.4 Å². The van der Waals surface area contributed by atoms with Gasteiger partial charge in [-0.2, -0.15) is 0 Å². The number of hydrogen-bond donors (Lipinski definition) is 1. The fraction of sp³-hybridized carbons (Fsp3) is 0.333. The van der Waals surface area contributed by atoms with Gasteiger partial charge >= 0.3 is 5.97 Å². The van der Waals surface area contributed by atoms with Crippen molar-refractivity contribution in [2.45, 2.75) is 12.8 Å². The van der Waals surface area contributed by atoms with Crippen molar-refractivity contribution in [2.75, 3.05) is 20.8 Å². The van der Waals surface area contributed by atoms with E-state index in [0.717, 1.165) is 15.4 Å². The third-order valence-corrected chi connectivity index (χ3v) is 4.05. The molecule has 112 valence electrons. The van der Waals surface area contributed by atoms with Gasteiger partial charge in [-0.1, -0.05) is 12.1 Å². The summed E-state index contributed by atoms with van der Waals surface area (Å²) in [4.78, 5) is 16.4. The molecule has 0 aliphatic rings. The molecule has 6 heteroatoms. The number of carbonyl (C=O) groups is 1. The topological polar surface area (TPSA) is 68.7 Å². The van der Waals surface area contributed by atoms with E-state index in [-0.39, 0.29) is 6.42 Å². The Morgan fingerprint density at radius 1 is 1.33 bits per heavy atom. The first-order chi connectivity index (χ1) is 10.2. The fourth-order valence-electron chi connectivity index (χ4n) is 2.00. The molecule has 21 heavy (non-hydrogen) atoms. The molecule has 0 amide bonds. The van der Waals surface area contributed by atoms with Gasteiger partial charge in [-0.15, -0.1) is 11.3 Å². The second-order valence-electron chi connectivity index (χ2n) is 4.39. The number of nitrogens with zero attached hydrogens (tertiary/aromatic N) is 1. The zero-order valence-electron chi connectivity index (χ0n) is 12.0. The first-order valence-electron chi connectivity index (χ1n) is 6.48. The van der Waals surface area contributed by atoms with Crippen LogP contribution in [-0.2, 0) is 22.4 Å². The number of ether oxygens (including phenoxy) is 2. The summed E-state index contributed by atoms with van der Waals surface area (Å²) in [6, 6.07) is 7.49. The molecule has 2 rings (SSSR count). The highest BCUT2D eigenvalue weighted by molar-refractivity contribution is 7.12. The quantitative estimate of drug-likeness (QED) is 0.851. The second kappa shape index (κ2) is 7.19. The molecule has 0 radical (unpaired) electrons. The Labute approximate surface area is 127 Å². The van der Waals surface area contributed by atoms with E-state index in [1.807, 2.05) is 24.3 Å². The van der Waals surface area contributed by atoms with Crippen LogP contribution < -0.4 is 4.74 Å². The predicted octanol–water partition coefficient (Wildman–Crippen LogP) is 2.63. The zero-order chi connectivity index (χ0) is 15.2. The summed E-state index contributed by atoms with van der Waals surface area (Å²) in [6.45, 7) is 0.561. The molecule has 1 aromatic heterocycles. The van der Waals surface area contributed by atoms with Gasteiger partial charge in [0.25, 0.3) is 0 Å². The Balaban J connectivity index is 2.44. The number of thiazole rings is 1. The van der Waals surface area contributed by atoms with E-state index in [2.05, 4.69) is 4.98 Å². The third-order valence-electron chi connectivity index (χ3n) is 2.94. The maximum Gasteiger partial charge on any atom is 0.308 e. The lowest BCUT2D eigenvalue weighted by Gasteiger charge is -2.07. The number of hydrogen-bond acceptors (Lipinski definition) is 5. The predicted molar refractivity (Wildman–Crippen MR) is 81.0 cm³/mol. The van der Waals surface area contributed by atoms with Crippen molar-refractivity contribution in [3.63, 3.8) is 0 Å². The third kappa shape index (κ3) is 3.80. The number of carboxylic acids is 1. The lowest BCUT2D eigenvalue weighted by Crippen LogP contribution is -2.00. The van der Waals surface area contributed by atoms with Crippen molar-refractivity contribution in [1.29, 1.82) is 0 Å². The minimum Gasteiger partial charge on any atom is -0.496 e. The smallest absolute Gasteiger partial charge is 0.308 e. The van der Waals surface area contributed by atoms with Crippen LogP contribution in [-0.4, -0.2) is 36.9 Å². The standard InChI is InChI=1S/C15H17NO4S/c1-19-8-7-13-16-15(12(21-13)9-14(17)18)10-5-3-4-6-11(10)20-2/h3-6H,7-9H2,1-2H3,(H,17,18). The first kappa shape index (κ1) is 15.5. The van der Waals surface area contributed by atoms with Crippen LogP contribution in [0.4, 0.5) is 0 Å². The van der Waals surface area contributed by atoms with Gasteiger partial charge < -0.3 is 14.6 Å². The fourth-order valence-corrected chi connectivity index (χ4v) is 3.06. The van der Waals surface area contributed by atoms with Gasteiger partial charge in [0.05, 0.1) is 30.8 Å². The monoisotopic (exact) mass is 307 g/mol. The largest absolute Gasteiger partial charge is 0.496 e. The van der Waals surface area contributed by atoms with E-state index in [1.54, 1.807) is 14.2 Å². The van der Waals surface area contributed by atoms with Crippen LogP contribution in [0, 0.1) is 0 Å². The number of benzene rings is 1. The summed E-state index contributed by atoms with van der Waals surface area (Å²) < 4.78 is 10.4. The van der Waals surface area contributed by atoms with E-state index in [0.29, 0.717) is 24.5 Å². The van der Waals surface area contributed by atoms with Gasteiger partial charge in [0, 0.05) is 24.0 Å². The highest BCUT2D eigenvalue weighted by Crippen LogP contribution is 2.34. The van der Waals surface area contributed by atoms with E-state index < -0.39 is 5.97 Å². The molecule has 2 aromatic rings. The van der Waals surface area contributed by atoms with E-state index in [9.17, 15) is 4.79 Å². The Bertz CT molecular complexity index is 624. The molecule has 0 atom stereocenters. The summed E-state index contributed by atoms with van der Waals surface area (Å²) in [7, 11) is 3.22. The molecule has 0 fully saturated rings. The van der Waals surface area contributed by atoms with Crippen molar-refractivity contribution >= 4 is 17.3 Å². The molecule has 0 aliphatic carbocycles. The molecule has 0 saturated heterocycles. The number of para-hydroxylation sites is 1. The lowest BCUT2D eigenvalue weighted by atomic mass is 10.1. The molecule has 1 heterocycles. The number of aromatic nitrogens is 1. The molecule has 0 spiro atoms. The first-order valence-corrected chi connectivity index (χ1v) is 7.30. The lowest BCUT2D eigenvalue weighted by molar-refractivity contribution is -0.136. The molecule has 0 aliphatic heterocycles. The van der Waals surface area contributed by atoms with E-state index in [4.69, 9.17) is 14.6 Å². The minimum absolute atomic E-state index is 0.0436. The maximum absolute atomic E-state index is 11.1. The SMILES string of the molecule is COCCc1nc(-c2ccccc2OC)c(CC(=O)O)s1. The molecule has 5 nitrogen and oxygen atoms in total. The summed E-state index contributed by atoms with van der Waals surface area (Å²) in [5.74, 6) is -0.180. The van der Waals surface area contributed by atoms with Crippen molar-refractivity contribution in [2.24, 2.45) is 0 Å². The highest BCUT2D eigenvalue weighted by Gasteiger charge is 2.18. The van der Waals surface area contributed by atoms with Crippen LogP contribution >= 0.6 is 11.3 Å². The normalized spacial score (nSPS) is 10.6. The Morgan fingerprint density at radius 3 is 2.76 bits per heavy atom. The molecular formula is C15H17NO4S. The van der Waals surface area contributed by atoms with Crippen LogP contribution in [0.1, 0.15) is 9.88 Å². The van der Waals surface area contributed by atoms with Crippen molar-refractivity contribution in [3.8, 4) is 17.0 Å². The molecule has 1 N–H and O–H groups in total. The molecule has 0 saturated carbocycles. The van der Waals surface area contributed by atoms with Crippen LogP contribution in [0.2, 0.25) is 0 Å².